The summed E-state index contributed by atoms with van der Waals surface area (Å²) in [5.74, 6) is -0.381. The Balaban J connectivity index is 2.79. The average molecular weight is 221 g/mol. The van der Waals surface area contributed by atoms with E-state index in [-0.39, 0.29) is 5.82 Å². The highest BCUT2D eigenvalue weighted by atomic mass is 16.2. The maximum absolute atomic E-state index is 11.5. The molecular weight excluding hydrogens is 210 g/mol. The van der Waals surface area contributed by atoms with Gasteiger partial charge in [0.25, 0.3) is 5.91 Å². The molecule has 0 bridgehead atoms. The normalized spacial score (nSPS) is 11.3. The summed E-state index contributed by atoms with van der Waals surface area (Å²) in [5.41, 5.74) is 0. The highest BCUT2D eigenvalue weighted by Crippen LogP contribution is 2.08. The van der Waals surface area contributed by atoms with Gasteiger partial charge in [-0.15, -0.1) is 0 Å². The van der Waals surface area contributed by atoms with Crippen LogP contribution in [-0.2, 0) is 4.79 Å². The van der Waals surface area contributed by atoms with Gasteiger partial charge in [-0.2, -0.15) is 5.26 Å². The van der Waals surface area contributed by atoms with Crippen molar-refractivity contribution in [1.82, 2.24) is 20.2 Å². The van der Waals surface area contributed by atoms with Crippen LogP contribution in [0.5, 0.6) is 0 Å². The molecule has 0 aliphatic carbocycles. The van der Waals surface area contributed by atoms with E-state index in [4.69, 9.17) is 5.26 Å². The van der Waals surface area contributed by atoms with Crippen molar-refractivity contribution in [3.05, 3.63) is 18.2 Å². The minimum absolute atomic E-state index is 0.125. The Bertz CT molecular complexity index is 445. The number of hydrogen-bond donors (Lipinski definition) is 2. The molecule has 16 heavy (non-hydrogen) atoms. The highest BCUT2D eigenvalue weighted by molar-refractivity contribution is 5.95. The van der Waals surface area contributed by atoms with Crippen molar-refractivity contribution in [3.63, 3.8) is 0 Å². The zero-order valence-corrected chi connectivity index (χ0v) is 8.89. The van der Waals surface area contributed by atoms with E-state index in [0.717, 1.165) is 0 Å². The van der Waals surface area contributed by atoms with E-state index in [1.165, 1.54) is 24.0 Å². The van der Waals surface area contributed by atoms with Crippen molar-refractivity contribution in [3.8, 4) is 6.07 Å². The van der Waals surface area contributed by atoms with Gasteiger partial charge >= 0.3 is 6.03 Å². The summed E-state index contributed by atoms with van der Waals surface area (Å²) in [5, 5.41) is 13.1. The molecule has 1 rings (SSSR count). The highest BCUT2D eigenvalue weighted by Gasteiger charge is 2.18. The van der Waals surface area contributed by atoms with Gasteiger partial charge in [0.05, 0.1) is 0 Å². The molecule has 7 heteroatoms. The number of imide groups is 1. The number of rotatable bonds is 2. The van der Waals surface area contributed by atoms with Gasteiger partial charge in [-0.1, -0.05) is 0 Å². The number of urea groups is 1. The lowest BCUT2D eigenvalue weighted by Crippen LogP contribution is -2.40. The third kappa shape index (κ3) is 2.36. The van der Waals surface area contributed by atoms with E-state index in [9.17, 15) is 9.59 Å². The largest absolute Gasteiger partial charge is 0.341 e. The molecule has 0 aromatic carbocycles. The van der Waals surface area contributed by atoms with E-state index >= 15 is 0 Å². The molecule has 1 atom stereocenters. The van der Waals surface area contributed by atoms with Crippen LogP contribution in [0.4, 0.5) is 4.79 Å². The van der Waals surface area contributed by atoms with Gasteiger partial charge < -0.3 is 9.88 Å². The number of hydrogen-bond acceptors (Lipinski definition) is 4. The Labute approximate surface area is 92.1 Å². The first kappa shape index (κ1) is 11.7. The Morgan fingerprint density at radius 2 is 2.31 bits per heavy atom. The van der Waals surface area contributed by atoms with Gasteiger partial charge in [-0.3, -0.25) is 10.1 Å². The summed E-state index contributed by atoms with van der Waals surface area (Å²) in [6, 6.07) is 0.591. The number of imidazole rings is 1. The maximum atomic E-state index is 11.5. The molecule has 1 aromatic rings. The van der Waals surface area contributed by atoms with Crippen LogP contribution in [0.1, 0.15) is 18.8 Å². The summed E-state index contributed by atoms with van der Waals surface area (Å²) in [6.07, 6.45) is 2.93. The van der Waals surface area contributed by atoms with Crippen molar-refractivity contribution >= 4 is 11.9 Å². The number of nitrogens with zero attached hydrogens (tertiary/aromatic N) is 3. The molecule has 3 amide bonds. The molecule has 1 aromatic heterocycles. The van der Waals surface area contributed by atoms with Gasteiger partial charge in [0.1, 0.15) is 12.1 Å². The molecule has 0 saturated heterocycles. The number of carbonyl (C=O) groups is 2. The first-order valence-electron chi connectivity index (χ1n) is 4.55. The second-order valence-electron chi connectivity index (χ2n) is 3.01. The van der Waals surface area contributed by atoms with Gasteiger partial charge in [0.15, 0.2) is 0 Å². The zero-order chi connectivity index (χ0) is 12.1. The van der Waals surface area contributed by atoms with Gasteiger partial charge in [-0.05, 0) is 6.92 Å². The van der Waals surface area contributed by atoms with Gasteiger partial charge in [0.2, 0.25) is 5.82 Å². The van der Waals surface area contributed by atoms with Crippen molar-refractivity contribution in [1.29, 1.82) is 5.26 Å². The average Bonchev–Trinajstić information content (AvgIpc) is 2.75. The predicted octanol–water partition coefficient (Wildman–Crippen LogP) is -0.229. The summed E-state index contributed by atoms with van der Waals surface area (Å²) in [7, 11) is 1.41. The fourth-order valence-corrected chi connectivity index (χ4v) is 1.12. The second-order valence-corrected chi connectivity index (χ2v) is 3.01. The molecule has 0 aliphatic heterocycles. The smallest absolute Gasteiger partial charge is 0.321 e. The molecule has 1 heterocycles. The number of aromatic nitrogens is 2. The number of nitriles is 1. The SMILES string of the molecule is CNC(=O)NC(=O)C(C)n1ccnc1C#N. The molecule has 0 spiro atoms. The molecule has 0 saturated carbocycles. The molecular formula is C9H11N5O2. The fraction of sp³-hybridized carbons (Fsp3) is 0.333. The van der Waals surface area contributed by atoms with E-state index in [1.807, 2.05) is 6.07 Å². The van der Waals surface area contributed by atoms with Crippen LogP contribution in [0.2, 0.25) is 0 Å². The van der Waals surface area contributed by atoms with Crippen LogP contribution in [0, 0.1) is 11.3 Å². The maximum Gasteiger partial charge on any atom is 0.321 e. The van der Waals surface area contributed by atoms with Crippen LogP contribution >= 0.6 is 0 Å². The third-order valence-electron chi connectivity index (χ3n) is 2.03. The second kappa shape index (κ2) is 4.93. The minimum Gasteiger partial charge on any atom is -0.341 e. The number of nitrogens with one attached hydrogen (secondary N) is 2. The minimum atomic E-state index is -0.672. The van der Waals surface area contributed by atoms with Crippen LogP contribution in [0.15, 0.2) is 12.4 Å². The number of amides is 3. The molecule has 7 nitrogen and oxygen atoms in total. The standard InChI is InChI=1S/C9H11N5O2/c1-6(8(15)13-9(16)11-2)14-4-3-12-7(14)5-10/h3-4,6H,1-2H3,(H2,11,13,15,16). The van der Waals surface area contributed by atoms with E-state index in [0.29, 0.717) is 0 Å². The van der Waals surface area contributed by atoms with E-state index < -0.39 is 18.0 Å². The lowest BCUT2D eigenvalue weighted by Gasteiger charge is -2.12. The first-order valence-corrected chi connectivity index (χ1v) is 4.55. The first-order chi connectivity index (χ1) is 7.60. The molecule has 84 valence electrons. The molecule has 0 fully saturated rings. The van der Waals surface area contributed by atoms with Crippen molar-refractivity contribution in [2.75, 3.05) is 7.05 Å². The lowest BCUT2D eigenvalue weighted by molar-refractivity contribution is -0.122. The van der Waals surface area contributed by atoms with Crippen molar-refractivity contribution < 1.29 is 9.59 Å². The Morgan fingerprint density at radius 1 is 1.62 bits per heavy atom. The van der Waals surface area contributed by atoms with E-state index in [1.54, 1.807) is 6.92 Å². The third-order valence-corrected chi connectivity index (χ3v) is 2.03. The lowest BCUT2D eigenvalue weighted by atomic mass is 10.3. The van der Waals surface area contributed by atoms with Crippen LogP contribution in [-0.4, -0.2) is 28.5 Å². The van der Waals surface area contributed by atoms with Crippen molar-refractivity contribution in [2.45, 2.75) is 13.0 Å². The fourth-order valence-electron chi connectivity index (χ4n) is 1.12. The zero-order valence-electron chi connectivity index (χ0n) is 8.89. The monoisotopic (exact) mass is 221 g/mol. The Hall–Kier alpha value is -2.36. The van der Waals surface area contributed by atoms with Gasteiger partial charge in [0, 0.05) is 19.4 Å². The summed E-state index contributed by atoms with van der Waals surface area (Å²) < 4.78 is 1.39. The Morgan fingerprint density at radius 3 is 2.88 bits per heavy atom. The Kier molecular flexibility index (Phi) is 3.61. The molecule has 1 unspecified atom stereocenters. The summed E-state index contributed by atoms with van der Waals surface area (Å²) in [4.78, 5) is 26.2. The number of carbonyl (C=O) groups excluding carboxylic acids is 2. The topological polar surface area (TPSA) is 99.8 Å². The summed E-state index contributed by atoms with van der Waals surface area (Å²) in [6.45, 7) is 1.57. The molecule has 0 aliphatic rings. The summed E-state index contributed by atoms with van der Waals surface area (Å²) >= 11 is 0. The van der Waals surface area contributed by atoms with Crippen LogP contribution in [0.25, 0.3) is 0 Å². The van der Waals surface area contributed by atoms with Crippen LogP contribution in [0.3, 0.4) is 0 Å². The van der Waals surface area contributed by atoms with Crippen molar-refractivity contribution in [2.24, 2.45) is 0 Å². The van der Waals surface area contributed by atoms with Crippen LogP contribution < -0.4 is 10.6 Å². The van der Waals surface area contributed by atoms with Gasteiger partial charge in [-0.25, -0.2) is 9.78 Å². The predicted molar refractivity (Wildman–Crippen MR) is 54.3 cm³/mol. The molecule has 0 radical (unpaired) electrons. The molecule has 2 N–H and O–H groups in total. The van der Waals surface area contributed by atoms with E-state index in [2.05, 4.69) is 15.6 Å². The quantitative estimate of drug-likeness (QED) is 0.720.